The van der Waals surface area contributed by atoms with Gasteiger partial charge in [0.15, 0.2) is 0 Å². The Labute approximate surface area is 182 Å². The fraction of sp³-hybridized carbons (Fsp3) is 0.680. The van der Waals surface area contributed by atoms with Crippen molar-refractivity contribution in [2.75, 3.05) is 13.2 Å². The number of carbonyl (C=O) groups excluding carboxylic acids is 2. The Morgan fingerprint density at radius 1 is 0.833 bits per heavy atom. The van der Waals surface area contributed by atoms with Crippen LogP contribution in [-0.2, 0) is 9.47 Å². The average molecular weight is 420 g/mol. The van der Waals surface area contributed by atoms with Crippen LogP contribution in [0.3, 0.4) is 0 Å². The molecule has 1 N–H and O–H groups in total. The number of nitrogens with one attached hydrogen (secondary N) is 1. The lowest BCUT2D eigenvalue weighted by atomic mass is 9.83. The van der Waals surface area contributed by atoms with Gasteiger partial charge in [0.25, 0.3) is 0 Å². The highest BCUT2D eigenvalue weighted by atomic mass is 16.5. The smallest absolute Gasteiger partial charge is 0.339 e. The van der Waals surface area contributed by atoms with Crippen molar-refractivity contribution >= 4 is 11.9 Å². The van der Waals surface area contributed by atoms with Crippen molar-refractivity contribution in [1.29, 1.82) is 0 Å². The third kappa shape index (κ3) is 9.75. The number of rotatable bonds is 6. The lowest BCUT2D eigenvalue weighted by Crippen LogP contribution is -2.55. The minimum Gasteiger partial charge on any atom is -0.462 e. The molecule has 0 spiro atoms. The van der Waals surface area contributed by atoms with Crippen LogP contribution in [0.15, 0.2) is 24.3 Å². The standard InChI is InChI=1S/C16H22O4.C9H19N/c1-11(2)9-19-15(17)13-7-5-6-8-14(13)16(18)20-10-12(3)4;1-8(2)6-5-7-9(3,4)10-8/h5-8,11-12H,9-10H2,1-4H3;10H,5-7H2,1-4H3. The van der Waals surface area contributed by atoms with E-state index >= 15 is 0 Å². The van der Waals surface area contributed by atoms with Crippen LogP contribution in [0, 0.1) is 11.8 Å². The average Bonchev–Trinajstić information content (AvgIpc) is 2.62. The molecule has 5 nitrogen and oxygen atoms in total. The van der Waals surface area contributed by atoms with E-state index in [0.717, 1.165) is 0 Å². The van der Waals surface area contributed by atoms with Gasteiger partial charge in [-0.3, -0.25) is 0 Å². The summed E-state index contributed by atoms with van der Waals surface area (Å²) in [6.45, 7) is 17.6. The number of carbonyl (C=O) groups is 2. The van der Waals surface area contributed by atoms with Crippen LogP contribution in [0.2, 0.25) is 0 Å². The molecule has 5 heteroatoms. The van der Waals surface area contributed by atoms with Gasteiger partial charge in [0.05, 0.1) is 24.3 Å². The number of esters is 2. The van der Waals surface area contributed by atoms with Crippen molar-refractivity contribution in [3.63, 3.8) is 0 Å². The first-order valence-corrected chi connectivity index (χ1v) is 11.1. The fourth-order valence-corrected chi connectivity index (χ4v) is 3.49. The summed E-state index contributed by atoms with van der Waals surface area (Å²) in [6, 6.07) is 6.56. The third-order valence-corrected chi connectivity index (χ3v) is 4.74. The molecule has 0 saturated carbocycles. The molecule has 0 radical (unpaired) electrons. The lowest BCUT2D eigenvalue weighted by Gasteiger charge is -2.42. The maximum absolute atomic E-state index is 12.0. The normalized spacial score (nSPS) is 17.1. The molecule has 1 fully saturated rings. The number of benzene rings is 1. The first kappa shape index (κ1) is 26.2. The van der Waals surface area contributed by atoms with Crippen LogP contribution in [0.4, 0.5) is 0 Å². The van der Waals surface area contributed by atoms with E-state index in [1.165, 1.54) is 19.3 Å². The summed E-state index contributed by atoms with van der Waals surface area (Å²) < 4.78 is 10.3. The maximum Gasteiger partial charge on any atom is 0.339 e. The van der Waals surface area contributed by atoms with E-state index in [1.54, 1.807) is 24.3 Å². The van der Waals surface area contributed by atoms with Crippen molar-refractivity contribution in [3.8, 4) is 0 Å². The van der Waals surface area contributed by atoms with Gasteiger partial charge in [0, 0.05) is 11.1 Å². The molecular formula is C25H41NO4. The highest BCUT2D eigenvalue weighted by Gasteiger charge is 2.31. The molecule has 1 heterocycles. The quantitative estimate of drug-likeness (QED) is 0.606. The molecule has 0 bridgehead atoms. The molecule has 0 aromatic heterocycles. The Hall–Kier alpha value is -1.88. The molecule has 1 aromatic carbocycles. The molecule has 1 aliphatic heterocycles. The number of piperidine rings is 1. The second-order valence-corrected chi connectivity index (χ2v) is 10.3. The summed E-state index contributed by atoms with van der Waals surface area (Å²) in [6.07, 6.45) is 4.00. The second kappa shape index (κ2) is 11.5. The van der Waals surface area contributed by atoms with E-state index in [4.69, 9.17) is 9.47 Å². The van der Waals surface area contributed by atoms with Gasteiger partial charge < -0.3 is 14.8 Å². The van der Waals surface area contributed by atoms with Gasteiger partial charge in [-0.05, 0) is 70.9 Å². The fourth-order valence-electron chi connectivity index (χ4n) is 3.49. The molecule has 170 valence electrons. The lowest BCUT2D eigenvalue weighted by molar-refractivity contribution is 0.0412. The predicted molar refractivity (Wildman–Crippen MR) is 122 cm³/mol. The number of ether oxygens (including phenoxy) is 2. The summed E-state index contributed by atoms with van der Waals surface area (Å²) in [5.74, 6) is -0.482. The summed E-state index contributed by atoms with van der Waals surface area (Å²) in [4.78, 5) is 24.0. The van der Waals surface area contributed by atoms with E-state index in [9.17, 15) is 9.59 Å². The molecule has 2 rings (SSSR count). The molecule has 0 atom stereocenters. The van der Waals surface area contributed by atoms with Crippen LogP contribution in [0.25, 0.3) is 0 Å². The van der Waals surface area contributed by atoms with E-state index in [1.807, 2.05) is 27.7 Å². The van der Waals surface area contributed by atoms with Gasteiger partial charge in [-0.15, -0.1) is 0 Å². The summed E-state index contributed by atoms with van der Waals surface area (Å²) >= 11 is 0. The van der Waals surface area contributed by atoms with Crippen LogP contribution in [0.5, 0.6) is 0 Å². The Kier molecular flexibility index (Phi) is 10.0. The monoisotopic (exact) mass is 419 g/mol. The number of hydrogen-bond donors (Lipinski definition) is 1. The van der Waals surface area contributed by atoms with E-state index < -0.39 is 11.9 Å². The van der Waals surface area contributed by atoms with Crippen LogP contribution >= 0.6 is 0 Å². The van der Waals surface area contributed by atoms with Crippen LogP contribution < -0.4 is 5.32 Å². The highest BCUT2D eigenvalue weighted by Crippen LogP contribution is 2.27. The van der Waals surface area contributed by atoms with Gasteiger partial charge in [-0.25, -0.2) is 9.59 Å². The molecule has 1 aliphatic rings. The van der Waals surface area contributed by atoms with Crippen molar-refractivity contribution in [1.82, 2.24) is 5.32 Å². The zero-order valence-electron chi connectivity index (χ0n) is 20.1. The van der Waals surface area contributed by atoms with Gasteiger partial charge in [0.2, 0.25) is 0 Å². The SMILES string of the molecule is CC(C)COC(=O)c1ccccc1C(=O)OCC(C)C.CC1(C)CCCC(C)(C)N1. The zero-order chi connectivity index (χ0) is 22.9. The molecule has 1 saturated heterocycles. The summed E-state index contributed by atoms with van der Waals surface area (Å²) in [5, 5.41) is 3.63. The Bertz CT molecular complexity index is 635. The van der Waals surface area contributed by atoms with E-state index in [2.05, 4.69) is 33.0 Å². The number of hydrogen-bond acceptors (Lipinski definition) is 5. The van der Waals surface area contributed by atoms with Crippen LogP contribution in [-0.4, -0.2) is 36.2 Å². The Balaban J connectivity index is 0.000000375. The van der Waals surface area contributed by atoms with E-state index in [-0.39, 0.29) is 23.0 Å². The first-order chi connectivity index (χ1) is 13.8. The summed E-state index contributed by atoms with van der Waals surface area (Å²) in [7, 11) is 0. The van der Waals surface area contributed by atoms with Crippen molar-refractivity contribution < 1.29 is 19.1 Å². The van der Waals surface area contributed by atoms with Gasteiger partial charge in [-0.1, -0.05) is 39.8 Å². The zero-order valence-corrected chi connectivity index (χ0v) is 20.1. The molecule has 30 heavy (non-hydrogen) atoms. The predicted octanol–water partition coefficient (Wildman–Crippen LogP) is 5.63. The maximum atomic E-state index is 12.0. The van der Waals surface area contributed by atoms with Gasteiger partial charge >= 0.3 is 11.9 Å². The highest BCUT2D eigenvalue weighted by molar-refractivity contribution is 6.03. The van der Waals surface area contributed by atoms with E-state index in [0.29, 0.717) is 24.3 Å². The van der Waals surface area contributed by atoms with Gasteiger partial charge in [0.1, 0.15) is 0 Å². The molecule has 0 amide bonds. The molecule has 0 aliphatic carbocycles. The molecule has 0 unspecified atom stereocenters. The minimum atomic E-state index is -0.490. The molecular weight excluding hydrogens is 378 g/mol. The molecule has 1 aromatic rings. The summed E-state index contributed by atoms with van der Waals surface area (Å²) in [5.41, 5.74) is 1.23. The Morgan fingerprint density at radius 2 is 1.20 bits per heavy atom. The Morgan fingerprint density at radius 3 is 1.47 bits per heavy atom. The van der Waals surface area contributed by atoms with Crippen LogP contribution in [0.1, 0.15) is 95.4 Å². The first-order valence-electron chi connectivity index (χ1n) is 11.1. The minimum absolute atomic E-state index is 0.249. The largest absolute Gasteiger partial charge is 0.462 e. The van der Waals surface area contributed by atoms with Crippen molar-refractivity contribution in [3.05, 3.63) is 35.4 Å². The topological polar surface area (TPSA) is 64.6 Å². The third-order valence-electron chi connectivity index (χ3n) is 4.74. The second-order valence-electron chi connectivity index (χ2n) is 10.3. The van der Waals surface area contributed by atoms with Gasteiger partial charge in [-0.2, -0.15) is 0 Å². The van der Waals surface area contributed by atoms with Crippen molar-refractivity contribution in [2.45, 2.75) is 85.7 Å². The van der Waals surface area contributed by atoms with Crippen molar-refractivity contribution in [2.24, 2.45) is 11.8 Å².